The summed E-state index contributed by atoms with van der Waals surface area (Å²) in [5.74, 6) is -0.992. The first-order chi connectivity index (χ1) is 6.90. The summed E-state index contributed by atoms with van der Waals surface area (Å²) in [5.41, 5.74) is -1.16. The molecule has 0 bridgehead atoms. The molecule has 0 aliphatic heterocycles. The molecule has 0 aromatic carbocycles. The summed E-state index contributed by atoms with van der Waals surface area (Å²) in [6.07, 6.45) is 1.38. The van der Waals surface area contributed by atoms with Crippen molar-refractivity contribution in [2.45, 2.75) is 19.4 Å². The van der Waals surface area contributed by atoms with Crippen molar-refractivity contribution in [3.63, 3.8) is 0 Å². The Morgan fingerprint density at radius 2 is 2.27 bits per heavy atom. The smallest absolute Gasteiger partial charge is 0.358 e. The number of carbonyl (C=O) groups is 1. The average molecular weight is 211 g/mol. The first-order valence-electron chi connectivity index (χ1n) is 4.43. The van der Waals surface area contributed by atoms with Crippen molar-refractivity contribution in [3.05, 3.63) is 24.0 Å². The van der Waals surface area contributed by atoms with E-state index < -0.39 is 11.6 Å². The Morgan fingerprint density at radius 1 is 1.60 bits per heavy atom. The fraction of sp³-hybridized carbons (Fsp3) is 0.400. The lowest BCUT2D eigenvalue weighted by atomic mass is 10.2. The molecule has 1 aromatic rings. The number of carboxylic acids is 1. The van der Waals surface area contributed by atoms with E-state index in [1.54, 1.807) is 19.9 Å². The van der Waals surface area contributed by atoms with Crippen LogP contribution in [-0.2, 0) is 0 Å². The zero-order valence-corrected chi connectivity index (χ0v) is 8.60. The standard InChI is InChI=1S/C10H13NO4/c1-10(2,14)6-15-7-4-3-5-11-8(7)9(12)13/h3-5,14H,6H2,1-2H3,(H,12,13). The van der Waals surface area contributed by atoms with E-state index in [0.29, 0.717) is 0 Å². The van der Waals surface area contributed by atoms with E-state index in [-0.39, 0.29) is 18.1 Å². The molecule has 0 amide bonds. The van der Waals surface area contributed by atoms with E-state index in [9.17, 15) is 9.90 Å². The molecule has 1 rings (SSSR count). The number of rotatable bonds is 4. The molecule has 82 valence electrons. The summed E-state index contributed by atoms with van der Waals surface area (Å²) in [6, 6.07) is 3.08. The second-order valence-corrected chi connectivity index (χ2v) is 3.76. The highest BCUT2D eigenvalue weighted by molar-refractivity contribution is 5.88. The van der Waals surface area contributed by atoms with Gasteiger partial charge in [-0.05, 0) is 26.0 Å². The topological polar surface area (TPSA) is 79.7 Å². The first-order valence-corrected chi connectivity index (χ1v) is 4.43. The van der Waals surface area contributed by atoms with Gasteiger partial charge in [-0.2, -0.15) is 0 Å². The van der Waals surface area contributed by atoms with Crippen molar-refractivity contribution in [1.82, 2.24) is 4.98 Å². The lowest BCUT2D eigenvalue weighted by molar-refractivity contribution is 0.0273. The number of hydrogen-bond donors (Lipinski definition) is 2. The van der Waals surface area contributed by atoms with Crippen molar-refractivity contribution < 1.29 is 19.7 Å². The van der Waals surface area contributed by atoms with Crippen LogP contribution in [0.5, 0.6) is 5.75 Å². The normalized spacial score (nSPS) is 11.1. The molecule has 0 radical (unpaired) electrons. The zero-order chi connectivity index (χ0) is 11.5. The number of hydrogen-bond acceptors (Lipinski definition) is 4. The van der Waals surface area contributed by atoms with Gasteiger partial charge in [0.25, 0.3) is 0 Å². The maximum Gasteiger partial charge on any atom is 0.358 e. The Hall–Kier alpha value is -1.62. The van der Waals surface area contributed by atoms with Crippen molar-refractivity contribution in [1.29, 1.82) is 0 Å². The van der Waals surface area contributed by atoms with E-state index in [1.807, 2.05) is 0 Å². The minimum absolute atomic E-state index is 0.0129. The molecule has 15 heavy (non-hydrogen) atoms. The fourth-order valence-electron chi connectivity index (χ4n) is 0.922. The third kappa shape index (κ3) is 3.55. The summed E-state index contributed by atoms with van der Waals surface area (Å²) < 4.78 is 5.17. The van der Waals surface area contributed by atoms with E-state index in [4.69, 9.17) is 9.84 Å². The van der Waals surface area contributed by atoms with E-state index in [0.717, 1.165) is 0 Å². The quantitative estimate of drug-likeness (QED) is 0.774. The summed E-state index contributed by atoms with van der Waals surface area (Å²) in [7, 11) is 0. The number of carboxylic acid groups (broad SMARTS) is 1. The third-order valence-corrected chi connectivity index (χ3v) is 1.55. The van der Waals surface area contributed by atoms with Crippen LogP contribution in [0.2, 0.25) is 0 Å². The van der Waals surface area contributed by atoms with Gasteiger partial charge in [0.2, 0.25) is 0 Å². The van der Waals surface area contributed by atoms with Crippen LogP contribution >= 0.6 is 0 Å². The Labute approximate surface area is 87.3 Å². The molecule has 0 atom stereocenters. The van der Waals surface area contributed by atoms with E-state index in [2.05, 4.69) is 4.98 Å². The summed E-state index contributed by atoms with van der Waals surface area (Å²) in [6.45, 7) is 3.16. The predicted molar refractivity (Wildman–Crippen MR) is 53.0 cm³/mol. The van der Waals surface area contributed by atoms with Gasteiger partial charge in [-0.1, -0.05) is 0 Å². The van der Waals surface area contributed by atoms with Crippen LogP contribution < -0.4 is 4.74 Å². The monoisotopic (exact) mass is 211 g/mol. The molecule has 2 N–H and O–H groups in total. The minimum atomic E-state index is -1.15. The van der Waals surface area contributed by atoms with Crippen LogP contribution in [0.3, 0.4) is 0 Å². The largest absolute Gasteiger partial charge is 0.488 e. The van der Waals surface area contributed by atoms with Crippen LogP contribution in [-0.4, -0.2) is 33.4 Å². The van der Waals surface area contributed by atoms with Crippen LogP contribution in [0, 0.1) is 0 Å². The highest BCUT2D eigenvalue weighted by Crippen LogP contribution is 2.16. The van der Waals surface area contributed by atoms with Crippen LogP contribution in [0.15, 0.2) is 18.3 Å². The SMILES string of the molecule is CC(C)(O)COc1cccnc1C(=O)O. The number of ether oxygens (including phenoxy) is 1. The molecule has 0 spiro atoms. The first kappa shape index (κ1) is 11.5. The maximum atomic E-state index is 10.7. The number of pyridine rings is 1. The van der Waals surface area contributed by atoms with E-state index in [1.165, 1.54) is 12.3 Å². The van der Waals surface area contributed by atoms with Crippen molar-refractivity contribution in [2.75, 3.05) is 6.61 Å². The van der Waals surface area contributed by atoms with Gasteiger partial charge in [0.05, 0.1) is 5.60 Å². The van der Waals surface area contributed by atoms with Crippen LogP contribution in [0.25, 0.3) is 0 Å². The van der Waals surface area contributed by atoms with Crippen molar-refractivity contribution in [3.8, 4) is 5.75 Å². The minimum Gasteiger partial charge on any atom is -0.488 e. The van der Waals surface area contributed by atoms with Gasteiger partial charge in [-0.25, -0.2) is 9.78 Å². The molecule has 0 fully saturated rings. The van der Waals surface area contributed by atoms with Gasteiger partial charge in [0.1, 0.15) is 6.61 Å². The van der Waals surface area contributed by atoms with Crippen molar-refractivity contribution >= 4 is 5.97 Å². The number of aromatic carboxylic acids is 1. The maximum absolute atomic E-state index is 10.7. The Morgan fingerprint density at radius 3 is 2.80 bits per heavy atom. The molecule has 0 unspecified atom stereocenters. The molecule has 1 aromatic heterocycles. The van der Waals surface area contributed by atoms with Gasteiger partial charge in [0, 0.05) is 6.20 Å². The zero-order valence-electron chi connectivity index (χ0n) is 8.60. The van der Waals surface area contributed by atoms with Crippen LogP contribution in [0.1, 0.15) is 24.3 Å². The molecule has 0 saturated carbocycles. The van der Waals surface area contributed by atoms with Gasteiger partial charge < -0.3 is 14.9 Å². The Balaban J connectivity index is 2.81. The molecule has 5 heteroatoms. The number of aliphatic hydroxyl groups is 1. The lowest BCUT2D eigenvalue weighted by Gasteiger charge is -2.18. The van der Waals surface area contributed by atoms with Gasteiger partial charge >= 0.3 is 5.97 Å². The second-order valence-electron chi connectivity index (χ2n) is 3.76. The average Bonchev–Trinajstić information content (AvgIpc) is 2.14. The van der Waals surface area contributed by atoms with Gasteiger partial charge in [0.15, 0.2) is 11.4 Å². The summed E-state index contributed by atoms with van der Waals surface area (Å²) in [5, 5.41) is 18.2. The highest BCUT2D eigenvalue weighted by atomic mass is 16.5. The molecule has 5 nitrogen and oxygen atoms in total. The van der Waals surface area contributed by atoms with Crippen molar-refractivity contribution in [2.24, 2.45) is 0 Å². The summed E-state index contributed by atoms with van der Waals surface area (Å²) in [4.78, 5) is 14.4. The van der Waals surface area contributed by atoms with E-state index >= 15 is 0 Å². The third-order valence-electron chi connectivity index (χ3n) is 1.55. The molecule has 0 aliphatic rings. The predicted octanol–water partition coefficient (Wildman–Crippen LogP) is 0.929. The van der Waals surface area contributed by atoms with Gasteiger partial charge in [-0.15, -0.1) is 0 Å². The molecule has 0 saturated heterocycles. The molecular weight excluding hydrogens is 198 g/mol. The number of aromatic nitrogens is 1. The molecule has 1 heterocycles. The molecular formula is C10H13NO4. The Bertz CT molecular complexity index is 357. The summed E-state index contributed by atoms with van der Waals surface area (Å²) >= 11 is 0. The number of nitrogens with zero attached hydrogens (tertiary/aromatic N) is 1. The van der Waals surface area contributed by atoms with Crippen LogP contribution in [0.4, 0.5) is 0 Å². The molecule has 0 aliphatic carbocycles. The highest BCUT2D eigenvalue weighted by Gasteiger charge is 2.17. The second kappa shape index (κ2) is 4.27. The fourth-order valence-corrected chi connectivity index (χ4v) is 0.922. The van der Waals surface area contributed by atoms with Gasteiger partial charge in [-0.3, -0.25) is 0 Å². The lowest BCUT2D eigenvalue weighted by Crippen LogP contribution is -2.28. The Kier molecular flexibility index (Phi) is 3.26.